The molecule has 0 spiro atoms. The van der Waals surface area contributed by atoms with Crippen molar-refractivity contribution in [3.05, 3.63) is 52.5 Å². The number of carbonyl (C=O) groups excluding carboxylic acids is 2. The molecule has 138 valence electrons. The summed E-state index contributed by atoms with van der Waals surface area (Å²) in [5.74, 6) is 0.911. The Balaban J connectivity index is 2.05. The maximum Gasteiger partial charge on any atom is 0.252 e. The SMILES string of the molecule is CNC(=O)c1cc(NC(=O)CCc2cc(OC)ccc2OC)ccc1Cl. The summed E-state index contributed by atoms with van der Waals surface area (Å²) in [4.78, 5) is 24.0. The van der Waals surface area contributed by atoms with Crippen LogP contribution in [0.2, 0.25) is 5.02 Å². The fourth-order valence-electron chi connectivity index (χ4n) is 2.46. The number of carbonyl (C=O) groups is 2. The van der Waals surface area contributed by atoms with Crippen molar-refractivity contribution in [3.8, 4) is 11.5 Å². The lowest BCUT2D eigenvalue weighted by molar-refractivity contribution is -0.116. The van der Waals surface area contributed by atoms with Crippen molar-refractivity contribution in [2.45, 2.75) is 12.8 Å². The number of nitrogens with one attached hydrogen (secondary N) is 2. The maximum atomic E-state index is 12.3. The minimum absolute atomic E-state index is 0.181. The van der Waals surface area contributed by atoms with Crippen molar-refractivity contribution in [2.75, 3.05) is 26.6 Å². The first kappa shape index (κ1) is 19.6. The van der Waals surface area contributed by atoms with Crippen LogP contribution in [0.4, 0.5) is 5.69 Å². The van der Waals surface area contributed by atoms with Crippen LogP contribution in [0.3, 0.4) is 0 Å². The summed E-state index contributed by atoms with van der Waals surface area (Å²) in [6.07, 6.45) is 0.740. The monoisotopic (exact) mass is 376 g/mol. The summed E-state index contributed by atoms with van der Waals surface area (Å²) >= 11 is 6.01. The molecule has 2 aromatic rings. The molecule has 0 unspecified atom stereocenters. The van der Waals surface area contributed by atoms with Gasteiger partial charge in [0.1, 0.15) is 11.5 Å². The molecule has 0 saturated heterocycles. The molecule has 0 aliphatic carbocycles. The zero-order valence-electron chi connectivity index (χ0n) is 14.9. The number of anilines is 1. The van der Waals surface area contributed by atoms with Crippen molar-refractivity contribution < 1.29 is 19.1 Å². The molecule has 2 N–H and O–H groups in total. The molecule has 0 saturated carbocycles. The lowest BCUT2D eigenvalue weighted by Crippen LogP contribution is -2.19. The van der Waals surface area contributed by atoms with Crippen molar-refractivity contribution in [3.63, 3.8) is 0 Å². The van der Waals surface area contributed by atoms with Gasteiger partial charge in [-0.3, -0.25) is 9.59 Å². The standard InChI is InChI=1S/C19H21ClN2O4/c1-21-19(24)15-11-13(5-7-16(15)20)22-18(23)9-4-12-10-14(25-2)6-8-17(12)26-3/h5-8,10-11H,4,9H2,1-3H3,(H,21,24)(H,22,23). The third-order valence-corrected chi connectivity index (χ3v) is 4.16. The number of benzene rings is 2. The summed E-state index contributed by atoms with van der Waals surface area (Å²) < 4.78 is 10.5. The van der Waals surface area contributed by atoms with Gasteiger partial charge in [0.15, 0.2) is 0 Å². The van der Waals surface area contributed by atoms with Crippen LogP contribution in [-0.2, 0) is 11.2 Å². The van der Waals surface area contributed by atoms with Gasteiger partial charge in [0.25, 0.3) is 5.91 Å². The molecule has 0 bridgehead atoms. The highest BCUT2D eigenvalue weighted by atomic mass is 35.5. The predicted octanol–water partition coefficient (Wildman–Crippen LogP) is 3.29. The lowest BCUT2D eigenvalue weighted by Gasteiger charge is -2.11. The van der Waals surface area contributed by atoms with Crippen LogP contribution >= 0.6 is 11.6 Å². The number of aryl methyl sites for hydroxylation is 1. The highest BCUT2D eigenvalue weighted by Gasteiger charge is 2.12. The first-order valence-electron chi connectivity index (χ1n) is 8.01. The van der Waals surface area contributed by atoms with Gasteiger partial charge in [0.05, 0.1) is 24.8 Å². The average Bonchev–Trinajstić information content (AvgIpc) is 2.66. The van der Waals surface area contributed by atoms with Gasteiger partial charge in [-0.05, 0) is 48.4 Å². The molecule has 6 nitrogen and oxygen atoms in total. The average molecular weight is 377 g/mol. The van der Waals surface area contributed by atoms with E-state index in [1.165, 1.54) is 7.05 Å². The van der Waals surface area contributed by atoms with E-state index >= 15 is 0 Å². The summed E-state index contributed by atoms with van der Waals surface area (Å²) in [6, 6.07) is 10.2. The van der Waals surface area contributed by atoms with Gasteiger partial charge in [-0.2, -0.15) is 0 Å². The van der Waals surface area contributed by atoms with E-state index in [-0.39, 0.29) is 18.2 Å². The molecule has 0 aliphatic rings. The molecule has 7 heteroatoms. The van der Waals surface area contributed by atoms with Gasteiger partial charge in [0, 0.05) is 19.2 Å². The normalized spacial score (nSPS) is 10.2. The summed E-state index contributed by atoms with van der Waals surface area (Å²) in [5, 5.41) is 5.61. The molecule has 0 aromatic heterocycles. The molecule has 0 heterocycles. The molecular weight excluding hydrogens is 356 g/mol. The third-order valence-electron chi connectivity index (χ3n) is 3.83. The molecule has 0 fully saturated rings. The molecule has 2 rings (SSSR count). The molecule has 26 heavy (non-hydrogen) atoms. The van der Waals surface area contributed by atoms with Crippen LogP contribution in [0, 0.1) is 0 Å². The number of ether oxygens (including phenoxy) is 2. The molecule has 2 aromatic carbocycles. The lowest BCUT2D eigenvalue weighted by atomic mass is 10.1. The van der Waals surface area contributed by atoms with E-state index in [0.717, 1.165) is 5.56 Å². The van der Waals surface area contributed by atoms with Gasteiger partial charge in [-0.1, -0.05) is 11.6 Å². The largest absolute Gasteiger partial charge is 0.497 e. The van der Waals surface area contributed by atoms with Gasteiger partial charge in [0.2, 0.25) is 5.91 Å². The van der Waals surface area contributed by atoms with Crippen LogP contribution in [-0.4, -0.2) is 33.1 Å². The highest BCUT2D eigenvalue weighted by molar-refractivity contribution is 6.34. The van der Waals surface area contributed by atoms with Crippen molar-refractivity contribution >= 4 is 29.1 Å². The van der Waals surface area contributed by atoms with E-state index in [4.69, 9.17) is 21.1 Å². The number of rotatable bonds is 7. The van der Waals surface area contributed by atoms with Gasteiger partial charge < -0.3 is 20.1 Å². The van der Waals surface area contributed by atoms with Crippen LogP contribution in [0.1, 0.15) is 22.3 Å². The Hall–Kier alpha value is -2.73. The second-order valence-corrected chi connectivity index (χ2v) is 5.91. The number of methoxy groups -OCH3 is 2. The van der Waals surface area contributed by atoms with Crippen molar-refractivity contribution in [1.29, 1.82) is 0 Å². The number of hydrogen-bond acceptors (Lipinski definition) is 4. The Morgan fingerprint density at radius 3 is 2.50 bits per heavy atom. The van der Waals surface area contributed by atoms with E-state index in [9.17, 15) is 9.59 Å². The zero-order valence-corrected chi connectivity index (χ0v) is 15.6. The Morgan fingerprint density at radius 2 is 1.85 bits per heavy atom. The molecule has 2 amide bonds. The van der Waals surface area contributed by atoms with Gasteiger partial charge in [-0.25, -0.2) is 0 Å². The van der Waals surface area contributed by atoms with Crippen molar-refractivity contribution in [1.82, 2.24) is 5.32 Å². The van der Waals surface area contributed by atoms with Crippen LogP contribution in [0.25, 0.3) is 0 Å². The molecule has 0 atom stereocenters. The second kappa shape index (κ2) is 9.10. The second-order valence-electron chi connectivity index (χ2n) is 5.50. The van der Waals surface area contributed by atoms with E-state index in [1.807, 2.05) is 6.07 Å². The minimum atomic E-state index is -0.313. The fourth-order valence-corrected chi connectivity index (χ4v) is 2.66. The van der Waals surface area contributed by atoms with E-state index < -0.39 is 0 Å². The van der Waals surface area contributed by atoms with Gasteiger partial charge in [-0.15, -0.1) is 0 Å². The zero-order chi connectivity index (χ0) is 19.1. The summed E-state index contributed by atoms with van der Waals surface area (Å²) in [6.45, 7) is 0. The Morgan fingerprint density at radius 1 is 1.08 bits per heavy atom. The topological polar surface area (TPSA) is 76.7 Å². The number of amides is 2. The molecule has 0 aliphatic heterocycles. The Labute approximate surface area is 157 Å². The molecular formula is C19H21ClN2O4. The minimum Gasteiger partial charge on any atom is -0.497 e. The number of hydrogen-bond donors (Lipinski definition) is 2. The fraction of sp³-hybridized carbons (Fsp3) is 0.263. The van der Waals surface area contributed by atoms with E-state index in [0.29, 0.717) is 34.2 Å². The maximum absolute atomic E-state index is 12.3. The predicted molar refractivity (Wildman–Crippen MR) is 101 cm³/mol. The van der Waals surface area contributed by atoms with Crippen LogP contribution in [0.5, 0.6) is 11.5 Å². The Kier molecular flexibility index (Phi) is 6.86. The smallest absolute Gasteiger partial charge is 0.252 e. The first-order valence-corrected chi connectivity index (χ1v) is 8.38. The quantitative estimate of drug-likeness (QED) is 0.777. The highest BCUT2D eigenvalue weighted by Crippen LogP contribution is 2.25. The van der Waals surface area contributed by atoms with Crippen LogP contribution in [0.15, 0.2) is 36.4 Å². The Bertz CT molecular complexity index is 808. The summed E-state index contributed by atoms with van der Waals surface area (Å²) in [7, 11) is 4.69. The van der Waals surface area contributed by atoms with E-state index in [2.05, 4.69) is 10.6 Å². The first-order chi connectivity index (χ1) is 12.5. The summed E-state index contributed by atoms with van der Waals surface area (Å²) in [5.41, 5.74) is 1.70. The van der Waals surface area contributed by atoms with Crippen LogP contribution < -0.4 is 20.1 Å². The number of halogens is 1. The van der Waals surface area contributed by atoms with Gasteiger partial charge >= 0.3 is 0 Å². The molecule has 0 radical (unpaired) electrons. The van der Waals surface area contributed by atoms with E-state index in [1.54, 1.807) is 44.6 Å². The van der Waals surface area contributed by atoms with Crippen molar-refractivity contribution in [2.24, 2.45) is 0 Å². The third kappa shape index (κ3) is 4.89.